The largest absolute Gasteiger partial charge is 0.496 e. The molecule has 0 aliphatic carbocycles. The molecule has 88 valence electrons. The molecular formula is C12H11FN2O2. The van der Waals surface area contributed by atoms with Crippen LogP contribution in [0.4, 0.5) is 4.39 Å². The van der Waals surface area contributed by atoms with Gasteiger partial charge >= 0.3 is 0 Å². The van der Waals surface area contributed by atoms with E-state index in [9.17, 15) is 9.18 Å². The number of benzene rings is 1. The number of aryl methyl sites for hydroxylation is 1. The van der Waals surface area contributed by atoms with Crippen molar-refractivity contribution >= 4 is 0 Å². The van der Waals surface area contributed by atoms with E-state index in [4.69, 9.17) is 4.74 Å². The summed E-state index contributed by atoms with van der Waals surface area (Å²) in [6.07, 6.45) is 0. The van der Waals surface area contributed by atoms with Crippen molar-refractivity contribution in [3.63, 3.8) is 0 Å². The number of aromatic amines is 1. The number of rotatable bonds is 2. The molecule has 0 saturated carbocycles. The van der Waals surface area contributed by atoms with Crippen molar-refractivity contribution in [2.75, 3.05) is 7.11 Å². The van der Waals surface area contributed by atoms with Gasteiger partial charge in [-0.2, -0.15) is 4.39 Å². The second-order valence-corrected chi connectivity index (χ2v) is 3.51. The number of H-pyrrole nitrogens is 1. The highest BCUT2D eigenvalue weighted by Gasteiger charge is 2.11. The Morgan fingerprint density at radius 3 is 2.71 bits per heavy atom. The monoisotopic (exact) mass is 234 g/mol. The molecule has 1 aromatic carbocycles. The summed E-state index contributed by atoms with van der Waals surface area (Å²) in [7, 11) is 1.52. The first-order valence-corrected chi connectivity index (χ1v) is 5.03. The fourth-order valence-electron chi connectivity index (χ4n) is 1.54. The maximum atomic E-state index is 13.2. The molecule has 0 amide bonds. The van der Waals surface area contributed by atoms with E-state index in [1.165, 1.54) is 14.0 Å². The molecule has 0 atom stereocenters. The van der Waals surface area contributed by atoms with Crippen LogP contribution in [-0.4, -0.2) is 17.1 Å². The van der Waals surface area contributed by atoms with E-state index in [1.807, 2.05) is 0 Å². The number of hydrogen-bond acceptors (Lipinski definition) is 3. The SMILES string of the molecule is COc1ccccc1-c1nc(C)c(F)c(=O)[nH]1. The van der Waals surface area contributed by atoms with Gasteiger partial charge < -0.3 is 9.72 Å². The third kappa shape index (κ3) is 2.04. The van der Waals surface area contributed by atoms with Crippen LogP contribution in [0, 0.1) is 12.7 Å². The van der Waals surface area contributed by atoms with E-state index >= 15 is 0 Å². The standard InChI is InChI=1S/C12H11FN2O2/c1-7-10(13)12(16)15-11(14-7)8-5-3-4-6-9(8)17-2/h3-6H,1-2H3,(H,14,15,16). The normalized spacial score (nSPS) is 10.3. The van der Waals surface area contributed by atoms with Gasteiger partial charge in [-0.1, -0.05) is 12.1 Å². The predicted octanol–water partition coefficient (Wildman–Crippen LogP) is 1.89. The van der Waals surface area contributed by atoms with E-state index in [2.05, 4.69) is 9.97 Å². The highest BCUT2D eigenvalue weighted by Crippen LogP contribution is 2.26. The van der Waals surface area contributed by atoms with Crippen LogP contribution in [0.15, 0.2) is 29.1 Å². The Hall–Kier alpha value is -2.17. The van der Waals surface area contributed by atoms with Crippen molar-refractivity contribution in [1.29, 1.82) is 0 Å². The molecule has 0 bridgehead atoms. The lowest BCUT2D eigenvalue weighted by atomic mass is 10.2. The molecule has 1 heterocycles. The lowest BCUT2D eigenvalue weighted by Crippen LogP contribution is -2.15. The van der Waals surface area contributed by atoms with Crippen molar-refractivity contribution in [2.24, 2.45) is 0 Å². The second-order valence-electron chi connectivity index (χ2n) is 3.51. The Labute approximate surface area is 97.1 Å². The van der Waals surface area contributed by atoms with Crippen molar-refractivity contribution in [3.05, 3.63) is 46.1 Å². The van der Waals surface area contributed by atoms with Gasteiger partial charge in [0.15, 0.2) is 0 Å². The van der Waals surface area contributed by atoms with E-state index < -0.39 is 11.4 Å². The number of para-hydroxylation sites is 1. The quantitative estimate of drug-likeness (QED) is 0.863. The third-order valence-corrected chi connectivity index (χ3v) is 2.39. The van der Waals surface area contributed by atoms with Gasteiger partial charge in [0, 0.05) is 0 Å². The van der Waals surface area contributed by atoms with E-state index in [0.29, 0.717) is 17.1 Å². The highest BCUT2D eigenvalue weighted by molar-refractivity contribution is 5.63. The molecule has 1 aromatic heterocycles. The number of nitrogens with one attached hydrogen (secondary N) is 1. The molecular weight excluding hydrogens is 223 g/mol. The average molecular weight is 234 g/mol. The van der Waals surface area contributed by atoms with Crippen LogP contribution in [0.25, 0.3) is 11.4 Å². The minimum absolute atomic E-state index is 0.0645. The zero-order chi connectivity index (χ0) is 12.4. The molecule has 0 unspecified atom stereocenters. The molecule has 0 radical (unpaired) electrons. The van der Waals surface area contributed by atoms with Crippen LogP contribution in [0.1, 0.15) is 5.69 Å². The molecule has 2 aromatic rings. The topological polar surface area (TPSA) is 55.0 Å². The number of hydrogen-bond donors (Lipinski definition) is 1. The minimum Gasteiger partial charge on any atom is -0.496 e. The molecule has 0 saturated heterocycles. The molecule has 0 spiro atoms. The number of methoxy groups -OCH3 is 1. The fourth-order valence-corrected chi connectivity index (χ4v) is 1.54. The van der Waals surface area contributed by atoms with Gasteiger partial charge in [-0.15, -0.1) is 0 Å². The summed E-state index contributed by atoms with van der Waals surface area (Å²) in [4.78, 5) is 17.7. The summed E-state index contributed by atoms with van der Waals surface area (Å²) >= 11 is 0. The van der Waals surface area contributed by atoms with Crippen molar-refractivity contribution in [2.45, 2.75) is 6.92 Å². The van der Waals surface area contributed by atoms with Gasteiger partial charge in [-0.05, 0) is 19.1 Å². The van der Waals surface area contributed by atoms with Crippen molar-refractivity contribution in [3.8, 4) is 17.1 Å². The number of aromatic nitrogens is 2. The van der Waals surface area contributed by atoms with Gasteiger partial charge in [-0.3, -0.25) is 4.79 Å². The van der Waals surface area contributed by atoms with Crippen molar-refractivity contribution in [1.82, 2.24) is 9.97 Å². The highest BCUT2D eigenvalue weighted by atomic mass is 19.1. The lowest BCUT2D eigenvalue weighted by Gasteiger charge is -2.07. The Kier molecular flexibility index (Phi) is 2.91. The average Bonchev–Trinajstić information content (AvgIpc) is 2.35. The van der Waals surface area contributed by atoms with Gasteiger partial charge in [0.2, 0.25) is 5.82 Å². The first kappa shape index (κ1) is 11.3. The molecule has 1 N–H and O–H groups in total. The molecule has 4 nitrogen and oxygen atoms in total. The van der Waals surface area contributed by atoms with Crippen LogP contribution >= 0.6 is 0 Å². The zero-order valence-corrected chi connectivity index (χ0v) is 9.45. The van der Waals surface area contributed by atoms with E-state index in [-0.39, 0.29) is 5.69 Å². The summed E-state index contributed by atoms with van der Waals surface area (Å²) in [5, 5.41) is 0. The van der Waals surface area contributed by atoms with Crippen LogP contribution < -0.4 is 10.3 Å². The first-order valence-electron chi connectivity index (χ1n) is 5.03. The predicted molar refractivity (Wildman–Crippen MR) is 61.5 cm³/mol. The maximum Gasteiger partial charge on any atom is 0.287 e. The smallest absolute Gasteiger partial charge is 0.287 e. The molecule has 0 fully saturated rings. The Balaban J connectivity index is 2.65. The molecule has 17 heavy (non-hydrogen) atoms. The molecule has 0 aliphatic rings. The molecule has 0 aliphatic heterocycles. The Bertz CT molecular complexity index is 608. The Morgan fingerprint density at radius 2 is 2.06 bits per heavy atom. The summed E-state index contributed by atoms with van der Waals surface area (Å²) in [6.45, 7) is 1.45. The summed E-state index contributed by atoms with van der Waals surface area (Å²) < 4.78 is 18.3. The van der Waals surface area contributed by atoms with E-state index in [0.717, 1.165) is 0 Å². The maximum absolute atomic E-state index is 13.2. The van der Waals surface area contributed by atoms with Crippen LogP contribution in [0.5, 0.6) is 5.75 Å². The lowest BCUT2D eigenvalue weighted by molar-refractivity contribution is 0.416. The summed E-state index contributed by atoms with van der Waals surface area (Å²) in [5.74, 6) is 0.0108. The Morgan fingerprint density at radius 1 is 1.35 bits per heavy atom. The second kappa shape index (κ2) is 4.37. The van der Waals surface area contributed by atoms with Gasteiger partial charge in [0.25, 0.3) is 5.56 Å². The molecule has 5 heteroatoms. The van der Waals surface area contributed by atoms with Crippen molar-refractivity contribution < 1.29 is 9.13 Å². The fraction of sp³-hybridized carbons (Fsp3) is 0.167. The van der Waals surface area contributed by atoms with Crippen LogP contribution in [-0.2, 0) is 0 Å². The minimum atomic E-state index is -0.858. The number of ether oxygens (including phenoxy) is 1. The van der Waals surface area contributed by atoms with Gasteiger partial charge in [-0.25, -0.2) is 4.98 Å². The van der Waals surface area contributed by atoms with Crippen LogP contribution in [0.2, 0.25) is 0 Å². The van der Waals surface area contributed by atoms with Gasteiger partial charge in [0.05, 0.1) is 18.4 Å². The summed E-state index contributed by atoms with van der Waals surface area (Å²) in [5.41, 5.74) is -0.0942. The number of nitrogens with zero attached hydrogens (tertiary/aromatic N) is 1. The number of halogens is 1. The van der Waals surface area contributed by atoms with Gasteiger partial charge in [0.1, 0.15) is 11.6 Å². The zero-order valence-electron chi connectivity index (χ0n) is 9.45. The summed E-state index contributed by atoms with van der Waals surface area (Å²) in [6, 6.07) is 7.08. The van der Waals surface area contributed by atoms with E-state index in [1.54, 1.807) is 24.3 Å². The third-order valence-electron chi connectivity index (χ3n) is 2.39. The first-order chi connectivity index (χ1) is 8.13. The molecule has 2 rings (SSSR count). The van der Waals surface area contributed by atoms with Crippen LogP contribution in [0.3, 0.4) is 0 Å².